The molecule has 2 N–H and O–H groups in total. The normalized spacial score (nSPS) is 17.6. The van der Waals surface area contributed by atoms with Gasteiger partial charge >= 0.3 is 0 Å². The van der Waals surface area contributed by atoms with Crippen LogP contribution in [-0.4, -0.2) is 41.9 Å². The minimum absolute atomic E-state index is 0.0793. The molecule has 4 aromatic rings. The average molecular weight is 413 g/mol. The Labute approximate surface area is 168 Å². The van der Waals surface area contributed by atoms with Crippen LogP contribution in [0.3, 0.4) is 0 Å². The molecule has 2 atom stereocenters. The predicted molar refractivity (Wildman–Crippen MR) is 110 cm³/mol. The molecule has 0 spiro atoms. The van der Waals surface area contributed by atoms with Gasteiger partial charge in [-0.1, -0.05) is 17.7 Å². The van der Waals surface area contributed by atoms with Crippen molar-refractivity contribution >= 4 is 39.3 Å². The lowest BCUT2D eigenvalue weighted by Crippen LogP contribution is -2.42. The number of hydrogen-bond acceptors (Lipinski definition) is 5. The Kier molecular flexibility index (Phi) is 4.17. The van der Waals surface area contributed by atoms with Crippen LogP contribution in [0.15, 0.2) is 47.9 Å². The molecule has 7 nitrogen and oxygen atoms in total. The summed E-state index contributed by atoms with van der Waals surface area (Å²) in [6, 6.07) is 7.81. The zero-order chi connectivity index (χ0) is 19.3. The third kappa shape index (κ3) is 2.71. The zero-order valence-corrected chi connectivity index (χ0v) is 16.6. The number of halogens is 1. The fraction of sp³-hybridized carbons (Fsp3) is 0.211. The van der Waals surface area contributed by atoms with Crippen molar-refractivity contribution in [3.05, 3.63) is 53.8 Å². The minimum atomic E-state index is -1.14. The first-order chi connectivity index (χ1) is 13.6. The Morgan fingerprint density at radius 3 is 2.89 bits per heavy atom. The van der Waals surface area contributed by atoms with Crippen molar-refractivity contribution in [2.24, 2.45) is 0 Å². The number of anilines is 1. The number of hydrogen-bond donors (Lipinski definition) is 2. The lowest BCUT2D eigenvalue weighted by Gasteiger charge is -2.42. The molecule has 28 heavy (non-hydrogen) atoms. The van der Waals surface area contributed by atoms with E-state index < -0.39 is 10.8 Å². The van der Waals surface area contributed by atoms with Gasteiger partial charge in [0.15, 0.2) is 0 Å². The predicted octanol–water partition coefficient (Wildman–Crippen LogP) is 3.69. The van der Waals surface area contributed by atoms with E-state index in [2.05, 4.69) is 29.8 Å². The van der Waals surface area contributed by atoms with Crippen molar-refractivity contribution in [3.8, 4) is 11.3 Å². The molecule has 0 unspecified atom stereocenters. The van der Waals surface area contributed by atoms with Crippen molar-refractivity contribution in [2.75, 3.05) is 17.7 Å². The highest BCUT2D eigenvalue weighted by molar-refractivity contribution is 7.84. The average Bonchev–Trinajstić information content (AvgIpc) is 3.26. The maximum atomic E-state index is 12.2. The Morgan fingerprint density at radius 1 is 1.29 bits per heavy atom. The van der Waals surface area contributed by atoms with Crippen molar-refractivity contribution in [1.82, 2.24) is 24.9 Å². The first kappa shape index (κ1) is 17.4. The monoisotopic (exact) mass is 412 g/mol. The van der Waals surface area contributed by atoms with Gasteiger partial charge < -0.3 is 14.9 Å². The topological polar surface area (TPSA) is 90.6 Å². The van der Waals surface area contributed by atoms with Gasteiger partial charge in [0.05, 0.1) is 32.8 Å². The van der Waals surface area contributed by atoms with E-state index >= 15 is 0 Å². The van der Waals surface area contributed by atoms with E-state index in [-0.39, 0.29) is 6.04 Å². The highest BCUT2D eigenvalue weighted by Gasteiger charge is 2.35. The van der Waals surface area contributed by atoms with Gasteiger partial charge in [-0.2, -0.15) is 0 Å². The summed E-state index contributed by atoms with van der Waals surface area (Å²) < 4.78 is 12.2. The molecule has 5 heterocycles. The van der Waals surface area contributed by atoms with Crippen molar-refractivity contribution < 1.29 is 4.21 Å². The van der Waals surface area contributed by atoms with Gasteiger partial charge in [0.25, 0.3) is 0 Å². The van der Waals surface area contributed by atoms with Crippen LogP contribution in [0.2, 0.25) is 5.15 Å². The van der Waals surface area contributed by atoms with Gasteiger partial charge in [0.2, 0.25) is 0 Å². The molecule has 9 heteroatoms. The number of nitrogens with one attached hydrogen (secondary N) is 2. The summed E-state index contributed by atoms with van der Waals surface area (Å²) in [4.78, 5) is 22.6. The molecular formula is C19H17ClN6OS. The van der Waals surface area contributed by atoms with Crippen molar-refractivity contribution in [1.29, 1.82) is 0 Å². The summed E-state index contributed by atoms with van der Waals surface area (Å²) in [5, 5.41) is 1.39. The molecule has 0 amide bonds. The molecular weight excluding hydrogens is 396 g/mol. The van der Waals surface area contributed by atoms with Gasteiger partial charge in [-0.15, -0.1) is 0 Å². The summed E-state index contributed by atoms with van der Waals surface area (Å²) in [6.07, 6.45) is 7.68. The maximum Gasteiger partial charge on any atom is 0.144 e. The molecule has 0 radical (unpaired) electrons. The number of pyridine rings is 1. The lowest BCUT2D eigenvalue weighted by atomic mass is 9.95. The fourth-order valence-corrected chi connectivity index (χ4v) is 4.65. The number of nitrogens with zero attached hydrogens (tertiary/aromatic N) is 4. The highest BCUT2D eigenvalue weighted by atomic mass is 35.5. The number of H-pyrrole nitrogens is 2. The van der Waals surface area contributed by atoms with E-state index in [1.807, 2.05) is 24.3 Å². The van der Waals surface area contributed by atoms with E-state index in [4.69, 9.17) is 11.6 Å². The van der Waals surface area contributed by atoms with Gasteiger partial charge in [-0.05, 0) is 24.6 Å². The summed E-state index contributed by atoms with van der Waals surface area (Å²) in [5.41, 5.74) is 3.56. The number of fused-ring (bicyclic) bond motifs is 1. The Bertz CT molecular complexity index is 1190. The minimum Gasteiger partial charge on any atom is -0.347 e. The first-order valence-electron chi connectivity index (χ1n) is 8.85. The van der Waals surface area contributed by atoms with E-state index in [1.54, 1.807) is 18.6 Å². The number of aromatic amines is 2. The fourth-order valence-electron chi connectivity index (χ4n) is 3.74. The van der Waals surface area contributed by atoms with Gasteiger partial charge in [0.1, 0.15) is 22.9 Å². The van der Waals surface area contributed by atoms with Gasteiger partial charge in [-0.3, -0.25) is 9.19 Å². The largest absolute Gasteiger partial charge is 0.347 e. The molecule has 1 saturated heterocycles. The quantitative estimate of drug-likeness (QED) is 0.533. The summed E-state index contributed by atoms with van der Waals surface area (Å²) in [5.74, 6) is 0.783. The second-order valence-corrected chi connectivity index (χ2v) is 8.44. The smallest absolute Gasteiger partial charge is 0.144 e. The standard InChI is InChI=1S/C19H17ClN6OS/c1-28(27)14-9-22-18-16(14)19(24-10-23-18)26-7-5-13(26)17-11(8-15(20)25-17)12-4-2-3-6-21-12/h2-4,6,8-10,13,25H,5,7H2,1H3,(H,22,23,24)/t13-,28-/m0/s1. The van der Waals surface area contributed by atoms with Gasteiger partial charge in [-0.25, -0.2) is 9.97 Å². The second kappa shape index (κ2) is 6.72. The molecule has 0 bridgehead atoms. The molecule has 1 aliphatic rings. The molecule has 0 aromatic carbocycles. The van der Waals surface area contributed by atoms with Crippen LogP contribution in [0.25, 0.3) is 22.3 Å². The summed E-state index contributed by atoms with van der Waals surface area (Å²) in [6.45, 7) is 0.843. The van der Waals surface area contributed by atoms with E-state index in [0.29, 0.717) is 15.7 Å². The van der Waals surface area contributed by atoms with E-state index in [1.165, 1.54) is 6.33 Å². The zero-order valence-electron chi connectivity index (χ0n) is 15.0. The Balaban J connectivity index is 1.60. The first-order valence-corrected chi connectivity index (χ1v) is 10.8. The SMILES string of the molecule is C[S@](=O)c1c[nH]c2ncnc(N3CC[C@H]3c3[nH]c(Cl)cc3-c3ccccn3)c12. The molecule has 1 fully saturated rings. The van der Waals surface area contributed by atoms with Crippen LogP contribution in [0.5, 0.6) is 0 Å². The third-order valence-electron chi connectivity index (χ3n) is 5.10. The molecule has 1 aliphatic heterocycles. The summed E-state index contributed by atoms with van der Waals surface area (Å²) in [7, 11) is -1.14. The second-order valence-electron chi connectivity index (χ2n) is 6.69. The van der Waals surface area contributed by atoms with Crippen LogP contribution in [0.1, 0.15) is 18.2 Å². The highest BCUT2D eigenvalue weighted by Crippen LogP contribution is 2.43. The lowest BCUT2D eigenvalue weighted by molar-refractivity contribution is 0.455. The number of aromatic nitrogens is 5. The van der Waals surface area contributed by atoms with Crippen molar-refractivity contribution in [3.63, 3.8) is 0 Å². The Morgan fingerprint density at radius 2 is 2.18 bits per heavy atom. The van der Waals surface area contributed by atoms with E-state index in [0.717, 1.165) is 41.1 Å². The van der Waals surface area contributed by atoms with Crippen LogP contribution in [0, 0.1) is 0 Å². The third-order valence-corrected chi connectivity index (χ3v) is 6.25. The molecule has 4 aromatic heterocycles. The van der Waals surface area contributed by atoms with Crippen LogP contribution in [-0.2, 0) is 10.8 Å². The number of rotatable bonds is 4. The Hall–Kier alpha value is -2.71. The molecule has 0 saturated carbocycles. The molecule has 142 valence electrons. The van der Waals surface area contributed by atoms with Gasteiger partial charge in [0, 0.05) is 36.5 Å². The summed E-state index contributed by atoms with van der Waals surface area (Å²) >= 11 is 6.31. The maximum absolute atomic E-state index is 12.2. The van der Waals surface area contributed by atoms with E-state index in [9.17, 15) is 4.21 Å². The van der Waals surface area contributed by atoms with Crippen LogP contribution < -0.4 is 4.90 Å². The molecule has 5 rings (SSSR count). The van der Waals surface area contributed by atoms with Crippen molar-refractivity contribution in [2.45, 2.75) is 17.4 Å². The van der Waals surface area contributed by atoms with Crippen LogP contribution in [0.4, 0.5) is 5.82 Å². The van der Waals surface area contributed by atoms with Crippen LogP contribution >= 0.6 is 11.6 Å². The molecule has 0 aliphatic carbocycles.